The Morgan fingerprint density at radius 3 is 3.00 bits per heavy atom. The zero-order valence-corrected chi connectivity index (χ0v) is 9.13. The minimum absolute atomic E-state index is 0.180. The van der Waals surface area contributed by atoms with Gasteiger partial charge >= 0.3 is 0 Å². The highest BCUT2D eigenvalue weighted by molar-refractivity contribution is 5.92. The molecule has 0 spiro atoms. The maximum atomic E-state index is 12.8. The van der Waals surface area contributed by atoms with Gasteiger partial charge in [0, 0.05) is 19.3 Å². The summed E-state index contributed by atoms with van der Waals surface area (Å²) in [5, 5.41) is 5.47. The number of ether oxygens (including phenoxy) is 1. The normalized spacial score (nSPS) is 10.1. The first-order valence-corrected chi connectivity index (χ1v) is 4.97. The molecule has 0 saturated carbocycles. The average Bonchev–Trinajstić information content (AvgIpc) is 2.24. The zero-order valence-electron chi connectivity index (χ0n) is 9.13. The predicted molar refractivity (Wildman–Crippen MR) is 59.8 cm³/mol. The Bertz CT molecular complexity index is 345. The Hall–Kier alpha value is -1.46. The molecule has 16 heavy (non-hydrogen) atoms. The largest absolute Gasteiger partial charge is 0.383 e. The van der Waals surface area contributed by atoms with Crippen molar-refractivity contribution in [3.63, 3.8) is 0 Å². The smallest absolute Gasteiger partial charge is 0.238 e. The molecule has 0 aliphatic heterocycles. The molecule has 0 aliphatic carbocycles. The lowest BCUT2D eigenvalue weighted by Crippen LogP contribution is -2.30. The predicted octanol–water partition coefficient (Wildman–Crippen LogP) is 1.00. The zero-order chi connectivity index (χ0) is 11.8. The Labute approximate surface area is 93.8 Å². The molecule has 1 aromatic carbocycles. The lowest BCUT2D eigenvalue weighted by Gasteiger charge is -2.06. The fraction of sp³-hybridized carbons (Fsp3) is 0.364. The summed E-state index contributed by atoms with van der Waals surface area (Å²) in [5.41, 5.74) is 0.457. The molecule has 5 heteroatoms. The van der Waals surface area contributed by atoms with E-state index in [-0.39, 0.29) is 18.3 Å². The number of halogens is 1. The third kappa shape index (κ3) is 4.86. The molecule has 0 heterocycles. The maximum Gasteiger partial charge on any atom is 0.238 e. The third-order valence-corrected chi connectivity index (χ3v) is 1.88. The van der Waals surface area contributed by atoms with Crippen LogP contribution in [0.3, 0.4) is 0 Å². The highest BCUT2D eigenvalue weighted by atomic mass is 19.1. The molecule has 4 nitrogen and oxygen atoms in total. The summed E-state index contributed by atoms with van der Waals surface area (Å²) in [6, 6.07) is 5.78. The molecule has 0 unspecified atom stereocenters. The van der Waals surface area contributed by atoms with Crippen LogP contribution in [0.15, 0.2) is 24.3 Å². The topological polar surface area (TPSA) is 50.4 Å². The highest BCUT2D eigenvalue weighted by Gasteiger charge is 2.01. The Kier molecular flexibility index (Phi) is 5.45. The van der Waals surface area contributed by atoms with E-state index < -0.39 is 0 Å². The van der Waals surface area contributed by atoms with Crippen molar-refractivity contribution in [3.05, 3.63) is 30.1 Å². The number of hydrogen-bond acceptors (Lipinski definition) is 3. The number of hydrogen-bond donors (Lipinski definition) is 2. The number of anilines is 1. The minimum Gasteiger partial charge on any atom is -0.383 e. The van der Waals surface area contributed by atoms with Crippen LogP contribution in [-0.2, 0) is 9.53 Å². The van der Waals surface area contributed by atoms with Gasteiger partial charge in [-0.05, 0) is 18.2 Å². The SMILES string of the molecule is COCCNCC(=O)Nc1cccc(F)c1. The molecule has 2 N–H and O–H groups in total. The van der Waals surface area contributed by atoms with Crippen LogP contribution in [0.5, 0.6) is 0 Å². The van der Waals surface area contributed by atoms with E-state index in [2.05, 4.69) is 10.6 Å². The standard InChI is InChI=1S/C11H15FN2O2/c1-16-6-5-13-8-11(15)14-10-4-2-3-9(12)7-10/h2-4,7,13H,5-6,8H2,1H3,(H,14,15). The first kappa shape index (κ1) is 12.6. The number of carbonyl (C=O) groups is 1. The van der Waals surface area contributed by atoms with Crippen molar-refractivity contribution < 1.29 is 13.9 Å². The summed E-state index contributed by atoms with van der Waals surface area (Å²) in [6.07, 6.45) is 0. The van der Waals surface area contributed by atoms with Crippen LogP contribution in [0.4, 0.5) is 10.1 Å². The van der Waals surface area contributed by atoms with Gasteiger partial charge in [-0.1, -0.05) is 6.07 Å². The second-order valence-electron chi connectivity index (χ2n) is 3.23. The number of amides is 1. The van der Waals surface area contributed by atoms with Crippen LogP contribution in [0, 0.1) is 5.82 Å². The fourth-order valence-electron chi connectivity index (χ4n) is 1.15. The second-order valence-corrected chi connectivity index (χ2v) is 3.23. The van der Waals surface area contributed by atoms with Crippen molar-refractivity contribution in [1.29, 1.82) is 0 Å². The summed E-state index contributed by atoms with van der Waals surface area (Å²) in [6.45, 7) is 1.33. The Morgan fingerprint density at radius 1 is 1.50 bits per heavy atom. The van der Waals surface area contributed by atoms with Crippen molar-refractivity contribution in [1.82, 2.24) is 5.32 Å². The van der Waals surface area contributed by atoms with Crippen LogP contribution in [0.25, 0.3) is 0 Å². The Balaban J connectivity index is 2.29. The van der Waals surface area contributed by atoms with Crippen LogP contribution in [0.2, 0.25) is 0 Å². The maximum absolute atomic E-state index is 12.8. The van der Waals surface area contributed by atoms with Gasteiger partial charge in [-0.25, -0.2) is 4.39 Å². The summed E-state index contributed by atoms with van der Waals surface area (Å²) in [5.74, 6) is -0.577. The van der Waals surface area contributed by atoms with E-state index in [1.807, 2.05) is 0 Å². The van der Waals surface area contributed by atoms with E-state index in [0.717, 1.165) is 0 Å². The van der Waals surface area contributed by atoms with Crippen molar-refractivity contribution in [2.75, 3.05) is 32.1 Å². The minimum atomic E-state index is -0.370. The first-order chi connectivity index (χ1) is 7.72. The number of rotatable bonds is 6. The number of nitrogens with one attached hydrogen (secondary N) is 2. The number of methoxy groups -OCH3 is 1. The van der Waals surface area contributed by atoms with Gasteiger partial charge in [-0.3, -0.25) is 4.79 Å². The molecule has 0 atom stereocenters. The van der Waals surface area contributed by atoms with E-state index in [1.165, 1.54) is 12.1 Å². The number of benzene rings is 1. The molecule has 0 radical (unpaired) electrons. The lowest BCUT2D eigenvalue weighted by molar-refractivity contribution is -0.115. The average molecular weight is 226 g/mol. The van der Waals surface area contributed by atoms with E-state index in [0.29, 0.717) is 18.8 Å². The summed E-state index contributed by atoms with van der Waals surface area (Å²) in [7, 11) is 1.59. The van der Waals surface area contributed by atoms with E-state index in [9.17, 15) is 9.18 Å². The van der Waals surface area contributed by atoms with Gasteiger partial charge in [-0.2, -0.15) is 0 Å². The molecule has 0 fully saturated rings. The fourth-order valence-corrected chi connectivity index (χ4v) is 1.15. The van der Waals surface area contributed by atoms with Gasteiger partial charge in [0.05, 0.1) is 13.2 Å². The van der Waals surface area contributed by atoms with Gasteiger partial charge in [0.25, 0.3) is 0 Å². The summed E-state index contributed by atoms with van der Waals surface area (Å²) in [4.78, 5) is 11.4. The van der Waals surface area contributed by atoms with Crippen LogP contribution in [0.1, 0.15) is 0 Å². The van der Waals surface area contributed by atoms with E-state index in [4.69, 9.17) is 4.74 Å². The van der Waals surface area contributed by atoms with Crippen molar-refractivity contribution >= 4 is 11.6 Å². The quantitative estimate of drug-likeness (QED) is 0.711. The van der Waals surface area contributed by atoms with Gasteiger partial charge < -0.3 is 15.4 Å². The van der Waals surface area contributed by atoms with E-state index in [1.54, 1.807) is 19.2 Å². The molecule has 1 aromatic rings. The van der Waals surface area contributed by atoms with Crippen molar-refractivity contribution in [3.8, 4) is 0 Å². The van der Waals surface area contributed by atoms with Gasteiger partial charge in [-0.15, -0.1) is 0 Å². The Morgan fingerprint density at radius 2 is 2.31 bits per heavy atom. The number of carbonyl (C=O) groups excluding carboxylic acids is 1. The molecule has 1 rings (SSSR count). The second kappa shape index (κ2) is 6.92. The van der Waals surface area contributed by atoms with Gasteiger partial charge in [0.1, 0.15) is 5.82 Å². The van der Waals surface area contributed by atoms with E-state index >= 15 is 0 Å². The van der Waals surface area contributed by atoms with Gasteiger partial charge in [0.2, 0.25) is 5.91 Å². The van der Waals surface area contributed by atoms with Crippen molar-refractivity contribution in [2.45, 2.75) is 0 Å². The molecular formula is C11H15FN2O2. The van der Waals surface area contributed by atoms with Gasteiger partial charge in [0.15, 0.2) is 0 Å². The highest BCUT2D eigenvalue weighted by Crippen LogP contribution is 2.08. The summed E-state index contributed by atoms with van der Waals surface area (Å²) >= 11 is 0. The van der Waals surface area contributed by atoms with Crippen LogP contribution >= 0.6 is 0 Å². The monoisotopic (exact) mass is 226 g/mol. The molecular weight excluding hydrogens is 211 g/mol. The molecule has 0 aromatic heterocycles. The molecule has 0 saturated heterocycles. The van der Waals surface area contributed by atoms with Crippen LogP contribution < -0.4 is 10.6 Å². The van der Waals surface area contributed by atoms with Crippen molar-refractivity contribution in [2.24, 2.45) is 0 Å². The van der Waals surface area contributed by atoms with Crippen LogP contribution in [-0.4, -0.2) is 32.7 Å². The molecule has 0 aliphatic rings. The third-order valence-electron chi connectivity index (χ3n) is 1.88. The molecule has 0 bridgehead atoms. The molecule has 88 valence electrons. The molecule has 1 amide bonds. The summed E-state index contributed by atoms with van der Waals surface area (Å²) < 4.78 is 17.6. The lowest BCUT2D eigenvalue weighted by atomic mass is 10.3. The first-order valence-electron chi connectivity index (χ1n) is 4.97.